The molecule has 2 amide bonds. The Kier molecular flexibility index (Phi) is 4.74. The number of carbonyl (C=O) groups is 2. The highest BCUT2D eigenvalue weighted by molar-refractivity contribution is 5.98. The standard InChI is InChI=1S/C18H22N4O3/c1-12-16(13(2)20-19-12)10-17(23)21-7-8-22(18(24)11-21)14-5-4-6-15(9-14)25-3/h4-6,9H,7-8,10-11H2,1-3H3,(H,19,20). The first-order valence-electron chi connectivity index (χ1n) is 8.22. The van der Waals surface area contributed by atoms with Crippen molar-refractivity contribution in [1.29, 1.82) is 0 Å². The number of methoxy groups -OCH3 is 1. The van der Waals surface area contributed by atoms with Gasteiger partial charge in [0.25, 0.3) is 0 Å². The minimum Gasteiger partial charge on any atom is -0.497 e. The van der Waals surface area contributed by atoms with Crippen LogP contribution in [0.15, 0.2) is 24.3 Å². The molecule has 1 fully saturated rings. The minimum absolute atomic E-state index is 0.0498. The van der Waals surface area contributed by atoms with Gasteiger partial charge in [0, 0.05) is 36.1 Å². The molecule has 0 radical (unpaired) electrons. The highest BCUT2D eigenvalue weighted by atomic mass is 16.5. The maximum absolute atomic E-state index is 12.6. The van der Waals surface area contributed by atoms with Crippen molar-refractivity contribution in [3.8, 4) is 5.75 Å². The summed E-state index contributed by atoms with van der Waals surface area (Å²) in [4.78, 5) is 28.4. The van der Waals surface area contributed by atoms with Gasteiger partial charge in [0.1, 0.15) is 12.3 Å². The van der Waals surface area contributed by atoms with Gasteiger partial charge in [-0.2, -0.15) is 5.10 Å². The lowest BCUT2D eigenvalue weighted by Gasteiger charge is -2.34. The van der Waals surface area contributed by atoms with Crippen LogP contribution in [0, 0.1) is 13.8 Å². The van der Waals surface area contributed by atoms with Crippen LogP contribution in [0.4, 0.5) is 5.69 Å². The highest BCUT2D eigenvalue weighted by Crippen LogP contribution is 2.23. The third-order valence-corrected chi connectivity index (χ3v) is 4.55. The van der Waals surface area contributed by atoms with Gasteiger partial charge in [-0.15, -0.1) is 0 Å². The zero-order valence-corrected chi connectivity index (χ0v) is 14.7. The first-order chi connectivity index (χ1) is 12.0. The molecule has 1 saturated heterocycles. The number of piperazine rings is 1. The highest BCUT2D eigenvalue weighted by Gasteiger charge is 2.28. The maximum Gasteiger partial charge on any atom is 0.246 e. The van der Waals surface area contributed by atoms with Crippen molar-refractivity contribution in [2.45, 2.75) is 20.3 Å². The van der Waals surface area contributed by atoms with Gasteiger partial charge < -0.3 is 14.5 Å². The van der Waals surface area contributed by atoms with Gasteiger partial charge in [-0.05, 0) is 26.0 Å². The molecule has 2 aromatic rings. The summed E-state index contributed by atoms with van der Waals surface area (Å²) in [6, 6.07) is 7.39. The van der Waals surface area contributed by atoms with E-state index in [-0.39, 0.29) is 24.8 Å². The molecule has 1 aromatic carbocycles. The Hall–Kier alpha value is -2.83. The number of benzene rings is 1. The fourth-order valence-electron chi connectivity index (χ4n) is 3.03. The van der Waals surface area contributed by atoms with Gasteiger partial charge in [-0.25, -0.2) is 0 Å². The number of aromatic nitrogens is 2. The van der Waals surface area contributed by atoms with Crippen LogP contribution in [0.25, 0.3) is 0 Å². The van der Waals surface area contributed by atoms with Gasteiger partial charge in [0.15, 0.2) is 0 Å². The van der Waals surface area contributed by atoms with Crippen LogP contribution in [0.1, 0.15) is 17.0 Å². The second-order valence-corrected chi connectivity index (χ2v) is 6.15. The van der Waals surface area contributed by atoms with Crippen molar-refractivity contribution >= 4 is 17.5 Å². The average Bonchev–Trinajstić information content (AvgIpc) is 2.93. The number of nitrogens with zero attached hydrogens (tertiary/aromatic N) is 3. The number of amides is 2. The Morgan fingerprint density at radius 1 is 1.32 bits per heavy atom. The molecule has 0 saturated carbocycles. The normalized spacial score (nSPS) is 14.8. The molecule has 7 nitrogen and oxygen atoms in total. The van der Waals surface area contributed by atoms with Crippen molar-refractivity contribution in [3.63, 3.8) is 0 Å². The number of aryl methyl sites for hydroxylation is 2. The van der Waals surface area contributed by atoms with Crippen molar-refractivity contribution < 1.29 is 14.3 Å². The monoisotopic (exact) mass is 342 g/mol. The molecule has 1 aromatic heterocycles. The number of anilines is 1. The Morgan fingerprint density at radius 2 is 2.12 bits per heavy atom. The van der Waals surface area contributed by atoms with E-state index in [1.807, 2.05) is 38.1 Å². The summed E-state index contributed by atoms with van der Waals surface area (Å²) in [5.41, 5.74) is 3.42. The SMILES string of the molecule is COc1cccc(N2CCN(C(=O)Cc3c(C)n[nH]c3C)CC2=O)c1. The molecule has 0 spiro atoms. The molecule has 132 valence electrons. The van der Waals surface area contributed by atoms with Crippen LogP contribution in [0.3, 0.4) is 0 Å². The Balaban J connectivity index is 1.67. The predicted octanol–water partition coefficient (Wildman–Crippen LogP) is 1.45. The van der Waals surface area contributed by atoms with Crippen molar-refractivity contribution in [2.75, 3.05) is 31.6 Å². The lowest BCUT2D eigenvalue weighted by atomic mass is 10.1. The van der Waals surface area contributed by atoms with E-state index >= 15 is 0 Å². The molecule has 0 bridgehead atoms. The zero-order chi connectivity index (χ0) is 18.0. The van der Waals surface area contributed by atoms with E-state index in [2.05, 4.69) is 10.2 Å². The Bertz CT molecular complexity index is 780. The number of nitrogens with one attached hydrogen (secondary N) is 1. The zero-order valence-electron chi connectivity index (χ0n) is 14.7. The first kappa shape index (κ1) is 17.0. The second-order valence-electron chi connectivity index (χ2n) is 6.15. The second kappa shape index (κ2) is 6.96. The minimum atomic E-state index is -0.0894. The summed E-state index contributed by atoms with van der Waals surface area (Å²) in [6.07, 6.45) is 0.264. The quantitative estimate of drug-likeness (QED) is 0.912. The number of ether oxygens (including phenoxy) is 1. The predicted molar refractivity (Wildman–Crippen MR) is 93.7 cm³/mol. The molecule has 7 heteroatoms. The van der Waals surface area contributed by atoms with E-state index < -0.39 is 0 Å². The van der Waals surface area contributed by atoms with Crippen LogP contribution in [0.5, 0.6) is 5.75 Å². The van der Waals surface area contributed by atoms with Crippen LogP contribution >= 0.6 is 0 Å². The van der Waals surface area contributed by atoms with Gasteiger partial charge in [0.05, 0.1) is 19.2 Å². The summed E-state index contributed by atoms with van der Waals surface area (Å²) in [6.45, 7) is 4.84. The number of rotatable bonds is 4. The molecule has 0 atom stereocenters. The maximum atomic E-state index is 12.6. The lowest BCUT2D eigenvalue weighted by molar-refractivity contribution is -0.136. The molecule has 2 heterocycles. The van der Waals surface area contributed by atoms with Gasteiger partial charge in [-0.1, -0.05) is 6.07 Å². The summed E-state index contributed by atoms with van der Waals surface area (Å²) >= 11 is 0. The topological polar surface area (TPSA) is 78.5 Å². The number of aromatic amines is 1. The molecule has 3 rings (SSSR count). The molecular weight excluding hydrogens is 320 g/mol. The van der Waals surface area contributed by atoms with Gasteiger partial charge in [0.2, 0.25) is 11.8 Å². The number of carbonyl (C=O) groups excluding carboxylic acids is 2. The van der Waals surface area contributed by atoms with E-state index in [1.165, 1.54) is 0 Å². The van der Waals surface area contributed by atoms with Gasteiger partial charge in [-0.3, -0.25) is 14.7 Å². The van der Waals surface area contributed by atoms with Crippen LogP contribution in [-0.4, -0.2) is 53.7 Å². The third kappa shape index (κ3) is 3.50. The number of hydrogen-bond donors (Lipinski definition) is 1. The summed E-state index contributed by atoms with van der Waals surface area (Å²) in [5, 5.41) is 7.00. The molecule has 0 aliphatic carbocycles. The van der Waals surface area contributed by atoms with Crippen LogP contribution in [0.2, 0.25) is 0 Å². The van der Waals surface area contributed by atoms with Crippen molar-refractivity contribution in [2.24, 2.45) is 0 Å². The molecule has 1 aliphatic heterocycles. The Labute approximate surface area is 146 Å². The largest absolute Gasteiger partial charge is 0.497 e. The summed E-state index contributed by atoms with van der Waals surface area (Å²) < 4.78 is 5.21. The molecule has 1 aliphatic rings. The molecular formula is C18H22N4O3. The van der Waals surface area contributed by atoms with Gasteiger partial charge >= 0.3 is 0 Å². The van der Waals surface area contributed by atoms with E-state index in [9.17, 15) is 9.59 Å². The van der Waals surface area contributed by atoms with E-state index in [0.717, 1.165) is 22.6 Å². The first-order valence-corrected chi connectivity index (χ1v) is 8.22. The average molecular weight is 342 g/mol. The van der Waals surface area contributed by atoms with Crippen molar-refractivity contribution in [3.05, 3.63) is 41.2 Å². The fraction of sp³-hybridized carbons (Fsp3) is 0.389. The summed E-state index contributed by atoms with van der Waals surface area (Å²) in [7, 11) is 1.59. The molecule has 25 heavy (non-hydrogen) atoms. The van der Waals surface area contributed by atoms with Crippen LogP contribution < -0.4 is 9.64 Å². The lowest BCUT2D eigenvalue weighted by Crippen LogP contribution is -2.52. The Morgan fingerprint density at radius 3 is 2.76 bits per heavy atom. The number of hydrogen-bond acceptors (Lipinski definition) is 4. The third-order valence-electron chi connectivity index (χ3n) is 4.55. The fourth-order valence-corrected chi connectivity index (χ4v) is 3.03. The van der Waals surface area contributed by atoms with E-state index in [4.69, 9.17) is 4.74 Å². The van der Waals surface area contributed by atoms with Crippen LogP contribution in [-0.2, 0) is 16.0 Å². The molecule has 0 unspecified atom stereocenters. The van der Waals surface area contributed by atoms with E-state index in [0.29, 0.717) is 18.8 Å². The summed E-state index contributed by atoms with van der Waals surface area (Å²) in [5.74, 6) is 0.564. The molecule has 1 N–H and O–H groups in total. The van der Waals surface area contributed by atoms with Crippen molar-refractivity contribution in [1.82, 2.24) is 15.1 Å². The van der Waals surface area contributed by atoms with E-state index in [1.54, 1.807) is 16.9 Å². The smallest absolute Gasteiger partial charge is 0.246 e. The number of H-pyrrole nitrogens is 1.